The van der Waals surface area contributed by atoms with E-state index >= 15 is 0 Å². The molecule has 0 aliphatic heterocycles. The first-order chi connectivity index (χ1) is 7.40. The standard InChI is InChI=1S/C12H9N2.Al/c13-14-12-8-4-7-11(9-12)10-5-2-1-3-6-10;/h1-9H;/q-1;+3. The van der Waals surface area contributed by atoms with Crippen molar-refractivity contribution in [2.75, 3.05) is 0 Å². The van der Waals surface area contributed by atoms with Crippen molar-refractivity contribution in [2.24, 2.45) is 9.21 Å². The van der Waals surface area contributed by atoms with Crippen LogP contribution in [0, 0.1) is 0 Å². The molecule has 0 aliphatic carbocycles. The van der Waals surface area contributed by atoms with E-state index in [-0.39, 0.29) is 0 Å². The van der Waals surface area contributed by atoms with Gasteiger partial charge in [0.1, 0.15) is 0 Å². The molecule has 0 fully saturated rings. The Morgan fingerprint density at radius 1 is 0.800 bits per heavy atom. The Bertz CT molecular complexity index is 466. The molecule has 0 radical (unpaired) electrons. The molecule has 0 N–H and O–H groups in total. The molecule has 3 heteroatoms. The minimum absolute atomic E-state index is 0.867. The third-order valence-corrected chi connectivity index (χ3v) is 2.24. The van der Waals surface area contributed by atoms with E-state index in [2.05, 4.69) is 43.9 Å². The van der Waals surface area contributed by atoms with Crippen molar-refractivity contribution in [3.05, 3.63) is 54.6 Å². The minimum atomic E-state index is 0.867. The van der Waals surface area contributed by atoms with Crippen LogP contribution in [0.5, 0.6) is 0 Å². The van der Waals surface area contributed by atoms with Gasteiger partial charge in [0.2, 0.25) is 0 Å². The average molecular weight is 208 g/mol. The average Bonchev–Trinajstić information content (AvgIpc) is 2.31. The van der Waals surface area contributed by atoms with Crippen LogP contribution in [0.3, 0.4) is 0 Å². The normalized spacial score (nSPS) is 10.8. The Balaban J connectivity index is 2.41. The zero-order valence-electron chi connectivity index (χ0n) is 8.17. The van der Waals surface area contributed by atoms with Gasteiger partial charge in [-0.05, 0) is 0 Å². The Morgan fingerprint density at radius 2 is 1.53 bits per heavy atom. The van der Waals surface area contributed by atoms with Crippen LogP contribution >= 0.6 is 0 Å². The summed E-state index contributed by atoms with van der Waals surface area (Å²) in [6.07, 6.45) is 0. The predicted molar refractivity (Wildman–Crippen MR) is 62.1 cm³/mol. The fraction of sp³-hybridized carbons (Fsp3) is 0. The summed E-state index contributed by atoms with van der Waals surface area (Å²) in [4.78, 5) is 0. The van der Waals surface area contributed by atoms with Gasteiger partial charge < -0.3 is 0 Å². The van der Waals surface area contributed by atoms with Gasteiger partial charge in [0.15, 0.2) is 0 Å². The van der Waals surface area contributed by atoms with E-state index in [0.29, 0.717) is 0 Å². The maximum absolute atomic E-state index is 3.98. The van der Waals surface area contributed by atoms with E-state index in [1.165, 1.54) is 5.56 Å². The monoisotopic (exact) mass is 208 g/mol. The Hall–Kier alpha value is -1.43. The molecule has 0 heterocycles. The third-order valence-electron chi connectivity index (χ3n) is 2.13. The molecule has 68 valence electrons. The van der Waals surface area contributed by atoms with E-state index in [1.54, 1.807) is 0 Å². The molecule has 0 bridgehead atoms. The molecule has 0 spiro atoms. The molecule has 0 saturated carbocycles. The van der Waals surface area contributed by atoms with Gasteiger partial charge in [0.25, 0.3) is 0 Å². The van der Waals surface area contributed by atoms with Crippen molar-refractivity contribution < 1.29 is 0 Å². The SMILES string of the molecule is [Al+2][N]=Nc1cccc(-c2ccccc2)c1. The van der Waals surface area contributed by atoms with E-state index < -0.39 is 0 Å². The van der Waals surface area contributed by atoms with E-state index in [1.807, 2.05) is 36.4 Å². The number of benzene rings is 2. The second-order valence-electron chi connectivity index (χ2n) is 3.13. The molecule has 2 aromatic rings. The molecule has 0 amide bonds. The Morgan fingerprint density at radius 3 is 2.27 bits per heavy atom. The van der Waals surface area contributed by atoms with Crippen molar-refractivity contribution in [2.45, 2.75) is 0 Å². The second-order valence-corrected chi connectivity index (χ2v) is 3.36. The first kappa shape index (κ1) is 10.1. The number of rotatable bonds is 2. The molecule has 2 nitrogen and oxygen atoms in total. The molecular formula is C12H9AlN2+2. The van der Waals surface area contributed by atoms with Gasteiger partial charge in [-0.15, -0.1) is 0 Å². The first-order valence-corrected chi connectivity index (χ1v) is 5.18. The molecular weight excluding hydrogens is 199 g/mol. The van der Waals surface area contributed by atoms with Gasteiger partial charge in [-0.2, -0.15) is 0 Å². The predicted octanol–water partition coefficient (Wildman–Crippen LogP) is 3.52. The van der Waals surface area contributed by atoms with Crippen molar-refractivity contribution >= 4 is 22.2 Å². The van der Waals surface area contributed by atoms with E-state index in [9.17, 15) is 0 Å². The fourth-order valence-corrected chi connectivity index (χ4v) is 1.58. The molecule has 0 unspecified atom stereocenters. The number of hydrogen-bond acceptors (Lipinski definition) is 2. The molecule has 2 rings (SSSR count). The first-order valence-electron chi connectivity index (χ1n) is 4.66. The van der Waals surface area contributed by atoms with Crippen LogP contribution < -0.4 is 0 Å². The summed E-state index contributed by atoms with van der Waals surface area (Å²) in [5, 5.41) is 3.98. The van der Waals surface area contributed by atoms with Crippen LogP contribution in [-0.2, 0) is 0 Å². The number of nitrogens with zero attached hydrogens (tertiary/aromatic N) is 2. The van der Waals surface area contributed by atoms with Crippen molar-refractivity contribution in [3.63, 3.8) is 0 Å². The summed E-state index contributed by atoms with van der Waals surface area (Å²) in [5.74, 6) is 0. The van der Waals surface area contributed by atoms with Gasteiger partial charge in [-0.1, -0.05) is 0 Å². The molecule has 0 atom stereocenters. The van der Waals surface area contributed by atoms with Crippen molar-refractivity contribution in [1.29, 1.82) is 0 Å². The van der Waals surface area contributed by atoms with Crippen LogP contribution in [0.1, 0.15) is 0 Å². The zero-order valence-corrected chi connectivity index (χ0v) is 9.32. The van der Waals surface area contributed by atoms with Gasteiger partial charge in [0, 0.05) is 0 Å². The van der Waals surface area contributed by atoms with Gasteiger partial charge >= 0.3 is 97.1 Å². The molecule has 2 aromatic carbocycles. The summed E-state index contributed by atoms with van der Waals surface area (Å²) >= 11 is 2.23. The maximum atomic E-state index is 3.98. The molecule has 0 saturated heterocycles. The zero-order chi connectivity index (χ0) is 10.5. The molecule has 0 aromatic heterocycles. The van der Waals surface area contributed by atoms with Crippen LogP contribution in [0.25, 0.3) is 11.1 Å². The fourth-order valence-electron chi connectivity index (χ4n) is 1.44. The number of hydrogen-bond donors (Lipinski definition) is 0. The van der Waals surface area contributed by atoms with E-state index in [0.717, 1.165) is 11.3 Å². The van der Waals surface area contributed by atoms with Crippen molar-refractivity contribution in [1.82, 2.24) is 0 Å². The van der Waals surface area contributed by atoms with Crippen LogP contribution in [0.4, 0.5) is 5.69 Å². The Labute approximate surface area is 97.3 Å². The van der Waals surface area contributed by atoms with Gasteiger partial charge in [0.05, 0.1) is 0 Å². The van der Waals surface area contributed by atoms with Crippen molar-refractivity contribution in [3.8, 4) is 11.1 Å². The Kier molecular flexibility index (Phi) is 3.29. The van der Waals surface area contributed by atoms with E-state index in [4.69, 9.17) is 0 Å². The summed E-state index contributed by atoms with van der Waals surface area (Å²) < 4.78 is 3.68. The molecule has 15 heavy (non-hydrogen) atoms. The van der Waals surface area contributed by atoms with Crippen LogP contribution in [0.2, 0.25) is 0 Å². The van der Waals surface area contributed by atoms with Gasteiger partial charge in [-0.3, -0.25) is 0 Å². The summed E-state index contributed by atoms with van der Waals surface area (Å²) in [7, 11) is 0. The third kappa shape index (κ3) is 2.53. The quantitative estimate of drug-likeness (QED) is 0.533. The molecule has 0 aliphatic rings. The van der Waals surface area contributed by atoms with Gasteiger partial charge in [-0.25, -0.2) is 0 Å². The van der Waals surface area contributed by atoms with Crippen LogP contribution in [0.15, 0.2) is 63.8 Å². The summed E-state index contributed by atoms with van der Waals surface area (Å²) in [6.45, 7) is 0. The van der Waals surface area contributed by atoms with Crippen LogP contribution in [-0.4, -0.2) is 16.5 Å². The summed E-state index contributed by atoms with van der Waals surface area (Å²) in [6, 6.07) is 18.2. The topological polar surface area (TPSA) is 24.7 Å². The summed E-state index contributed by atoms with van der Waals surface area (Å²) in [5.41, 5.74) is 3.22. The second kappa shape index (κ2) is 4.88.